The number of cyclic esters (lactones) is 1. The molecule has 1 atom stereocenters. The van der Waals surface area contributed by atoms with Crippen molar-refractivity contribution in [2.45, 2.75) is 11.0 Å². The molecule has 0 aliphatic carbocycles. The number of hydrogen-bond donors (Lipinski definition) is 2. The van der Waals surface area contributed by atoms with Crippen LogP contribution < -0.4 is 20.6 Å². The van der Waals surface area contributed by atoms with E-state index in [0.29, 0.717) is 23.5 Å². The minimum Gasteiger partial charge on any atom is -0.442 e. The zero-order valence-electron chi connectivity index (χ0n) is 17.1. The van der Waals surface area contributed by atoms with Gasteiger partial charge in [-0.1, -0.05) is 0 Å². The lowest BCUT2D eigenvalue weighted by atomic mass is 10.2. The highest BCUT2D eigenvalue weighted by atomic mass is 32.2. The summed E-state index contributed by atoms with van der Waals surface area (Å²) >= 11 is 1.45. The smallest absolute Gasteiger partial charge is 0.414 e. The van der Waals surface area contributed by atoms with E-state index in [-0.39, 0.29) is 18.4 Å². The second-order valence-electron chi connectivity index (χ2n) is 7.10. The van der Waals surface area contributed by atoms with E-state index in [1.807, 2.05) is 12.1 Å². The number of rotatable bonds is 6. The van der Waals surface area contributed by atoms with Gasteiger partial charge in [-0.25, -0.2) is 4.79 Å². The zero-order chi connectivity index (χ0) is 22.0. The average Bonchev–Trinajstić information content (AvgIpc) is 3.15. The van der Waals surface area contributed by atoms with Gasteiger partial charge < -0.3 is 15.0 Å². The maximum Gasteiger partial charge on any atom is 0.414 e. The fourth-order valence-electron chi connectivity index (χ4n) is 3.39. The number of amides is 3. The summed E-state index contributed by atoms with van der Waals surface area (Å²) in [5.74, 6) is 0.164. The third kappa shape index (κ3) is 4.44. The Balaban J connectivity index is 1.36. The minimum absolute atomic E-state index is 0.0474. The summed E-state index contributed by atoms with van der Waals surface area (Å²) in [5.41, 5.74) is 5.44. The monoisotopic (exact) mass is 442 g/mol. The van der Waals surface area contributed by atoms with Crippen LogP contribution in [0.1, 0.15) is 10.4 Å². The van der Waals surface area contributed by atoms with Gasteiger partial charge >= 0.3 is 6.09 Å². The first kappa shape index (κ1) is 21.0. The van der Waals surface area contributed by atoms with E-state index in [1.54, 1.807) is 47.2 Å². The Hall–Kier alpha value is -3.24. The van der Waals surface area contributed by atoms with Crippen LogP contribution in [0, 0.1) is 0 Å². The van der Waals surface area contributed by atoms with Crippen molar-refractivity contribution in [3.63, 3.8) is 0 Å². The highest BCUT2D eigenvalue weighted by molar-refractivity contribution is 8.00. The second-order valence-corrected chi connectivity index (χ2v) is 8.12. The van der Waals surface area contributed by atoms with Crippen molar-refractivity contribution in [1.29, 1.82) is 0 Å². The standard InChI is InChI=1S/C21H22N4O5S/c1-24-17-8-7-15(9-18(17)31-12-19(24)26)25-11-16(30-21(25)28)10-22-20(27)13-3-5-14(6-4-13)23-29-2/h3-9,16,23H,10-12H2,1-2H3,(H,22,27). The van der Waals surface area contributed by atoms with Crippen LogP contribution in [0.2, 0.25) is 0 Å². The van der Waals surface area contributed by atoms with Crippen LogP contribution in [0.4, 0.5) is 21.9 Å². The van der Waals surface area contributed by atoms with Gasteiger partial charge in [-0.3, -0.25) is 24.8 Å². The Morgan fingerprint density at radius 1 is 1.23 bits per heavy atom. The van der Waals surface area contributed by atoms with Gasteiger partial charge in [0, 0.05) is 23.2 Å². The molecule has 0 spiro atoms. The number of fused-ring (bicyclic) bond motifs is 1. The van der Waals surface area contributed by atoms with Crippen molar-refractivity contribution in [3.8, 4) is 0 Å². The van der Waals surface area contributed by atoms with Crippen molar-refractivity contribution in [2.75, 3.05) is 48.3 Å². The van der Waals surface area contributed by atoms with E-state index in [0.717, 1.165) is 16.3 Å². The van der Waals surface area contributed by atoms with Gasteiger partial charge in [-0.15, -0.1) is 11.8 Å². The van der Waals surface area contributed by atoms with Gasteiger partial charge in [0.05, 0.1) is 37.3 Å². The molecular weight excluding hydrogens is 420 g/mol. The summed E-state index contributed by atoms with van der Waals surface area (Å²) in [7, 11) is 3.25. The maximum atomic E-state index is 12.4. The summed E-state index contributed by atoms with van der Waals surface area (Å²) in [4.78, 5) is 45.5. The third-order valence-electron chi connectivity index (χ3n) is 5.07. The van der Waals surface area contributed by atoms with Gasteiger partial charge in [0.2, 0.25) is 5.91 Å². The zero-order valence-corrected chi connectivity index (χ0v) is 17.9. The molecule has 4 rings (SSSR count). The molecule has 9 nitrogen and oxygen atoms in total. The second kappa shape index (κ2) is 8.86. The topological polar surface area (TPSA) is 100 Å². The molecule has 1 unspecified atom stereocenters. The van der Waals surface area contributed by atoms with E-state index in [4.69, 9.17) is 9.57 Å². The van der Waals surface area contributed by atoms with E-state index < -0.39 is 12.2 Å². The van der Waals surface area contributed by atoms with E-state index >= 15 is 0 Å². The van der Waals surface area contributed by atoms with Crippen LogP contribution in [0.25, 0.3) is 0 Å². The SMILES string of the molecule is CONc1ccc(C(=O)NCC2CN(c3ccc4c(c3)SCC(=O)N4C)C(=O)O2)cc1. The molecule has 1 fully saturated rings. The lowest BCUT2D eigenvalue weighted by Crippen LogP contribution is -2.34. The van der Waals surface area contributed by atoms with Crippen LogP contribution >= 0.6 is 11.8 Å². The molecule has 31 heavy (non-hydrogen) atoms. The number of ether oxygens (including phenoxy) is 1. The molecule has 1 saturated heterocycles. The van der Waals surface area contributed by atoms with Crippen molar-refractivity contribution in [3.05, 3.63) is 48.0 Å². The van der Waals surface area contributed by atoms with E-state index in [2.05, 4.69) is 10.8 Å². The molecule has 0 radical (unpaired) electrons. The number of nitrogens with zero attached hydrogens (tertiary/aromatic N) is 2. The van der Waals surface area contributed by atoms with Crippen LogP contribution in [-0.2, 0) is 14.4 Å². The largest absolute Gasteiger partial charge is 0.442 e. The quantitative estimate of drug-likeness (QED) is 0.663. The van der Waals surface area contributed by atoms with Crippen molar-refractivity contribution >= 4 is 46.7 Å². The summed E-state index contributed by atoms with van der Waals surface area (Å²) in [6, 6.07) is 12.3. The summed E-state index contributed by atoms with van der Waals surface area (Å²) in [6.07, 6.45) is -0.918. The molecule has 162 valence electrons. The van der Waals surface area contributed by atoms with Crippen LogP contribution in [0.15, 0.2) is 47.4 Å². The van der Waals surface area contributed by atoms with Gasteiger partial charge in [0.25, 0.3) is 5.91 Å². The number of carbonyl (C=O) groups is 3. The predicted octanol–water partition coefficient (Wildman–Crippen LogP) is 2.48. The number of benzene rings is 2. The molecule has 2 aromatic carbocycles. The number of anilines is 3. The Morgan fingerprint density at radius 2 is 2.00 bits per heavy atom. The molecule has 0 saturated carbocycles. The highest BCUT2D eigenvalue weighted by Gasteiger charge is 2.33. The Labute approximate surface area is 183 Å². The molecule has 0 aromatic heterocycles. The molecule has 2 aliphatic rings. The average molecular weight is 442 g/mol. The lowest BCUT2D eigenvalue weighted by Gasteiger charge is -2.26. The third-order valence-corrected chi connectivity index (χ3v) is 6.10. The van der Waals surface area contributed by atoms with E-state index in [9.17, 15) is 14.4 Å². The molecule has 2 N–H and O–H groups in total. The van der Waals surface area contributed by atoms with Gasteiger partial charge in [-0.2, -0.15) is 0 Å². The maximum absolute atomic E-state index is 12.4. The molecule has 2 heterocycles. The molecule has 3 amide bonds. The van der Waals surface area contributed by atoms with Crippen molar-refractivity contribution < 1.29 is 24.0 Å². The Morgan fingerprint density at radius 3 is 2.74 bits per heavy atom. The van der Waals surface area contributed by atoms with Crippen LogP contribution in [0.3, 0.4) is 0 Å². The molecule has 2 aliphatic heterocycles. The van der Waals surface area contributed by atoms with Gasteiger partial charge in [0.15, 0.2) is 0 Å². The normalized spacial score (nSPS) is 17.9. The molecular formula is C21H22N4O5S. The fraction of sp³-hybridized carbons (Fsp3) is 0.286. The summed E-state index contributed by atoms with van der Waals surface area (Å²) < 4.78 is 5.42. The number of carbonyl (C=O) groups excluding carboxylic acids is 3. The number of thioether (sulfide) groups is 1. The van der Waals surface area contributed by atoms with Gasteiger partial charge in [0.1, 0.15) is 6.10 Å². The number of hydrogen-bond acceptors (Lipinski definition) is 7. The molecule has 2 aromatic rings. The van der Waals surface area contributed by atoms with Crippen LogP contribution in [0.5, 0.6) is 0 Å². The molecule has 10 heteroatoms. The number of nitrogens with one attached hydrogen (secondary N) is 2. The lowest BCUT2D eigenvalue weighted by molar-refractivity contribution is -0.116. The van der Waals surface area contributed by atoms with Crippen molar-refractivity contribution in [1.82, 2.24) is 5.32 Å². The first-order valence-electron chi connectivity index (χ1n) is 9.65. The van der Waals surface area contributed by atoms with Gasteiger partial charge in [-0.05, 0) is 42.5 Å². The highest BCUT2D eigenvalue weighted by Crippen LogP contribution is 2.38. The minimum atomic E-state index is -0.459. The first-order chi connectivity index (χ1) is 15.0. The predicted molar refractivity (Wildman–Crippen MR) is 118 cm³/mol. The fourth-order valence-corrected chi connectivity index (χ4v) is 4.42. The molecule has 0 bridgehead atoms. The Bertz CT molecular complexity index is 1010. The summed E-state index contributed by atoms with van der Waals surface area (Å²) in [6.45, 7) is 0.532. The summed E-state index contributed by atoms with van der Waals surface area (Å²) in [5, 5.41) is 2.80. The van der Waals surface area contributed by atoms with Crippen molar-refractivity contribution in [2.24, 2.45) is 0 Å². The van der Waals surface area contributed by atoms with E-state index in [1.165, 1.54) is 18.9 Å². The first-order valence-corrected chi connectivity index (χ1v) is 10.6. The van der Waals surface area contributed by atoms with Crippen LogP contribution in [-0.4, -0.2) is 57.0 Å². The Kier molecular flexibility index (Phi) is 6.01.